The van der Waals surface area contributed by atoms with E-state index in [4.69, 9.17) is 4.74 Å². The summed E-state index contributed by atoms with van der Waals surface area (Å²) in [5.41, 5.74) is -0.736. The maximum Gasteiger partial charge on any atom is 0.433 e. The van der Waals surface area contributed by atoms with Gasteiger partial charge in [-0.05, 0) is 31.7 Å². The Hall–Kier alpha value is -1.79. The molecule has 1 spiro atoms. The molecule has 0 N–H and O–H groups in total. The molecular weight excluding hydrogens is 297 g/mol. The Kier molecular flexibility index (Phi) is 3.74. The first-order chi connectivity index (χ1) is 10.4. The third-order valence-corrected chi connectivity index (χ3v) is 4.52. The monoisotopic (exact) mass is 314 g/mol. The molecule has 0 aromatic carbocycles. The second kappa shape index (κ2) is 5.44. The smallest absolute Gasteiger partial charge is 0.433 e. The molecule has 2 heterocycles. The first-order valence-electron chi connectivity index (χ1n) is 7.31. The summed E-state index contributed by atoms with van der Waals surface area (Å²) in [5.74, 6) is 0.0268. The number of nitrogens with zero attached hydrogens (tertiary/aromatic N) is 2. The van der Waals surface area contributed by atoms with Gasteiger partial charge in [0.25, 0.3) is 0 Å². The lowest BCUT2D eigenvalue weighted by Gasteiger charge is -2.51. The summed E-state index contributed by atoms with van der Waals surface area (Å²) in [5, 5.41) is 0. The van der Waals surface area contributed by atoms with Gasteiger partial charge >= 0.3 is 6.18 Å². The van der Waals surface area contributed by atoms with Crippen LogP contribution >= 0.6 is 0 Å². The SMILES string of the molecule is O=CN1CC2(CCC(Oc3cccc(C(F)(F)F)n3)CC2)C1. The van der Waals surface area contributed by atoms with Gasteiger partial charge in [0, 0.05) is 24.6 Å². The molecule has 1 aliphatic heterocycles. The lowest BCUT2D eigenvalue weighted by molar-refractivity contribution is -0.141. The van der Waals surface area contributed by atoms with Crippen molar-refractivity contribution >= 4 is 6.41 Å². The number of rotatable bonds is 3. The predicted octanol–water partition coefficient (Wildman–Crippen LogP) is 2.88. The van der Waals surface area contributed by atoms with E-state index in [9.17, 15) is 18.0 Å². The van der Waals surface area contributed by atoms with Crippen molar-refractivity contribution in [1.82, 2.24) is 9.88 Å². The summed E-state index contributed by atoms with van der Waals surface area (Å²) >= 11 is 0. The number of likely N-dealkylation sites (tertiary alicyclic amines) is 1. The van der Waals surface area contributed by atoms with Crippen LogP contribution < -0.4 is 4.74 Å². The van der Waals surface area contributed by atoms with E-state index in [2.05, 4.69) is 4.98 Å². The molecule has 0 unspecified atom stereocenters. The van der Waals surface area contributed by atoms with E-state index in [0.29, 0.717) is 0 Å². The van der Waals surface area contributed by atoms with E-state index < -0.39 is 11.9 Å². The molecule has 2 fully saturated rings. The highest BCUT2D eigenvalue weighted by atomic mass is 19.4. The van der Waals surface area contributed by atoms with Gasteiger partial charge in [0.05, 0.1) is 0 Å². The molecule has 0 radical (unpaired) electrons. The van der Waals surface area contributed by atoms with Gasteiger partial charge in [0.2, 0.25) is 12.3 Å². The number of hydrogen-bond donors (Lipinski definition) is 0. The van der Waals surface area contributed by atoms with Gasteiger partial charge in [-0.1, -0.05) is 6.07 Å². The lowest BCUT2D eigenvalue weighted by atomic mass is 9.68. The second-order valence-electron chi connectivity index (χ2n) is 6.19. The van der Waals surface area contributed by atoms with Crippen LogP contribution in [0.3, 0.4) is 0 Å². The van der Waals surface area contributed by atoms with Crippen molar-refractivity contribution in [2.45, 2.75) is 38.0 Å². The van der Waals surface area contributed by atoms with Crippen molar-refractivity contribution in [3.05, 3.63) is 23.9 Å². The van der Waals surface area contributed by atoms with E-state index in [0.717, 1.165) is 51.2 Å². The second-order valence-corrected chi connectivity index (χ2v) is 6.19. The van der Waals surface area contributed by atoms with Gasteiger partial charge in [-0.2, -0.15) is 13.2 Å². The van der Waals surface area contributed by atoms with Crippen molar-refractivity contribution in [1.29, 1.82) is 0 Å². The van der Waals surface area contributed by atoms with Crippen LogP contribution in [-0.2, 0) is 11.0 Å². The summed E-state index contributed by atoms with van der Waals surface area (Å²) in [6.45, 7) is 1.57. The van der Waals surface area contributed by atoms with E-state index in [1.165, 1.54) is 12.1 Å². The van der Waals surface area contributed by atoms with Gasteiger partial charge in [-0.25, -0.2) is 4.98 Å². The van der Waals surface area contributed by atoms with Gasteiger partial charge in [0.15, 0.2) is 0 Å². The number of carbonyl (C=O) groups excluding carboxylic acids is 1. The van der Waals surface area contributed by atoms with Crippen molar-refractivity contribution in [2.24, 2.45) is 5.41 Å². The van der Waals surface area contributed by atoms with Crippen LogP contribution in [0.25, 0.3) is 0 Å². The van der Waals surface area contributed by atoms with Crippen LogP contribution in [0.15, 0.2) is 18.2 Å². The fourth-order valence-corrected chi connectivity index (χ4v) is 3.34. The third-order valence-electron chi connectivity index (χ3n) is 4.52. The molecule has 4 nitrogen and oxygen atoms in total. The van der Waals surface area contributed by atoms with Gasteiger partial charge in [-0.3, -0.25) is 4.79 Å². The van der Waals surface area contributed by atoms with Crippen molar-refractivity contribution in [3.8, 4) is 5.88 Å². The molecule has 1 aromatic rings. The molecule has 22 heavy (non-hydrogen) atoms. The van der Waals surface area contributed by atoms with Gasteiger partial charge < -0.3 is 9.64 Å². The van der Waals surface area contributed by atoms with Gasteiger partial charge in [-0.15, -0.1) is 0 Å². The topological polar surface area (TPSA) is 42.4 Å². The molecule has 1 aromatic heterocycles. The van der Waals surface area contributed by atoms with Crippen LogP contribution in [0.1, 0.15) is 31.4 Å². The van der Waals surface area contributed by atoms with Crippen LogP contribution in [0.5, 0.6) is 5.88 Å². The number of amides is 1. The van der Waals surface area contributed by atoms with E-state index in [1.54, 1.807) is 4.90 Å². The molecule has 1 aliphatic carbocycles. The Balaban J connectivity index is 1.56. The van der Waals surface area contributed by atoms with Crippen LogP contribution in [0, 0.1) is 5.41 Å². The van der Waals surface area contributed by atoms with Crippen LogP contribution in [-0.4, -0.2) is 35.5 Å². The van der Waals surface area contributed by atoms with Crippen LogP contribution in [0.2, 0.25) is 0 Å². The van der Waals surface area contributed by atoms with Gasteiger partial charge in [0.1, 0.15) is 11.8 Å². The molecule has 0 atom stereocenters. The highest BCUT2D eigenvalue weighted by Gasteiger charge is 2.45. The minimum absolute atomic E-state index is 0.0268. The first kappa shape index (κ1) is 15.1. The predicted molar refractivity (Wildman–Crippen MR) is 72.2 cm³/mol. The Morgan fingerprint density at radius 1 is 1.27 bits per heavy atom. The average molecular weight is 314 g/mol. The molecule has 1 saturated carbocycles. The molecule has 120 valence electrons. The minimum atomic E-state index is -4.46. The van der Waals surface area contributed by atoms with Crippen molar-refractivity contribution in [2.75, 3.05) is 13.1 Å². The van der Waals surface area contributed by atoms with Crippen LogP contribution in [0.4, 0.5) is 13.2 Å². The Bertz CT molecular complexity index is 546. The normalized spacial score (nSPS) is 21.5. The number of carbonyl (C=O) groups is 1. The van der Waals surface area contributed by atoms with E-state index in [-0.39, 0.29) is 17.4 Å². The Morgan fingerprint density at radius 2 is 1.95 bits per heavy atom. The molecule has 2 aliphatic rings. The van der Waals surface area contributed by atoms with E-state index >= 15 is 0 Å². The maximum atomic E-state index is 12.6. The summed E-state index contributed by atoms with van der Waals surface area (Å²) in [6, 6.07) is 3.70. The lowest BCUT2D eigenvalue weighted by Crippen LogP contribution is -2.57. The van der Waals surface area contributed by atoms with E-state index in [1.807, 2.05) is 0 Å². The minimum Gasteiger partial charge on any atom is -0.474 e. The number of pyridine rings is 1. The standard InChI is InChI=1S/C15H17F3N2O2/c16-15(17,18)12-2-1-3-13(19-12)22-11-4-6-14(7-5-11)8-20(9-14)10-21/h1-3,10-11H,4-9H2. The number of ether oxygens (including phenoxy) is 1. The highest BCUT2D eigenvalue weighted by molar-refractivity contribution is 5.49. The zero-order chi connectivity index (χ0) is 15.8. The number of aromatic nitrogens is 1. The largest absolute Gasteiger partial charge is 0.474 e. The summed E-state index contributed by atoms with van der Waals surface area (Å²) in [6.07, 6.45) is -0.274. The Labute approximate surface area is 126 Å². The first-order valence-corrected chi connectivity index (χ1v) is 7.31. The average Bonchev–Trinajstić information content (AvgIpc) is 2.45. The zero-order valence-electron chi connectivity index (χ0n) is 12.0. The number of halogens is 3. The molecule has 1 amide bonds. The summed E-state index contributed by atoms with van der Waals surface area (Å²) in [4.78, 5) is 15.9. The quantitative estimate of drug-likeness (QED) is 0.806. The fourth-order valence-electron chi connectivity index (χ4n) is 3.34. The summed E-state index contributed by atoms with van der Waals surface area (Å²) in [7, 11) is 0. The molecular formula is C15H17F3N2O2. The molecule has 1 saturated heterocycles. The Morgan fingerprint density at radius 3 is 2.55 bits per heavy atom. The maximum absolute atomic E-state index is 12.6. The molecule has 7 heteroatoms. The molecule has 0 bridgehead atoms. The zero-order valence-corrected chi connectivity index (χ0v) is 12.0. The number of alkyl halides is 3. The highest BCUT2D eigenvalue weighted by Crippen LogP contribution is 2.44. The summed E-state index contributed by atoms with van der Waals surface area (Å²) < 4.78 is 43.5. The van der Waals surface area contributed by atoms with Crippen molar-refractivity contribution < 1.29 is 22.7 Å². The molecule has 3 rings (SSSR count). The fraction of sp³-hybridized carbons (Fsp3) is 0.600. The number of hydrogen-bond acceptors (Lipinski definition) is 3. The third kappa shape index (κ3) is 3.03. The van der Waals surface area contributed by atoms with Crippen molar-refractivity contribution in [3.63, 3.8) is 0 Å².